The fourth-order valence-electron chi connectivity index (χ4n) is 3.17. The lowest BCUT2D eigenvalue weighted by Gasteiger charge is -2.26. The first-order chi connectivity index (χ1) is 16.1. The van der Waals surface area contributed by atoms with E-state index in [1.807, 2.05) is 0 Å². The largest absolute Gasteiger partial charge is 0.462 e. The van der Waals surface area contributed by atoms with E-state index in [0.29, 0.717) is 16.3 Å². The number of nitrogens with zero attached hydrogens (tertiary/aromatic N) is 1. The molecule has 0 saturated carbocycles. The lowest BCUT2D eigenvalue weighted by atomic mass is 10.2. The van der Waals surface area contributed by atoms with Crippen molar-refractivity contribution in [2.75, 3.05) is 22.8 Å². The van der Waals surface area contributed by atoms with Gasteiger partial charge in [-0.1, -0.05) is 47.5 Å². The van der Waals surface area contributed by atoms with Crippen molar-refractivity contribution in [2.45, 2.75) is 18.7 Å². The van der Waals surface area contributed by atoms with Gasteiger partial charge in [0.2, 0.25) is 5.91 Å². The van der Waals surface area contributed by atoms with Gasteiger partial charge in [0.25, 0.3) is 10.0 Å². The number of halogens is 2. The van der Waals surface area contributed by atoms with Crippen LogP contribution >= 0.6 is 23.2 Å². The quantitative estimate of drug-likeness (QED) is 0.406. The Morgan fingerprint density at radius 2 is 1.71 bits per heavy atom. The number of benzene rings is 3. The molecule has 0 aromatic heterocycles. The number of amides is 1. The van der Waals surface area contributed by atoms with Crippen molar-refractivity contribution in [2.24, 2.45) is 0 Å². The van der Waals surface area contributed by atoms with Crippen LogP contribution in [0.4, 0.5) is 11.4 Å². The maximum Gasteiger partial charge on any atom is 0.339 e. The predicted octanol–water partition coefficient (Wildman–Crippen LogP) is 5.31. The Morgan fingerprint density at radius 1 is 1.00 bits per heavy atom. The zero-order valence-corrected chi connectivity index (χ0v) is 20.7. The van der Waals surface area contributed by atoms with Crippen LogP contribution in [0.1, 0.15) is 22.8 Å². The molecule has 7 nitrogen and oxygen atoms in total. The third-order valence-corrected chi connectivity index (χ3v) is 7.13. The van der Waals surface area contributed by atoms with Crippen molar-refractivity contribution in [3.05, 3.63) is 87.9 Å². The van der Waals surface area contributed by atoms with E-state index < -0.39 is 28.4 Å². The third kappa shape index (κ3) is 5.88. The maximum atomic E-state index is 13.4. The van der Waals surface area contributed by atoms with E-state index >= 15 is 0 Å². The molecular weight excluding hydrogens is 499 g/mol. The molecule has 0 aliphatic heterocycles. The van der Waals surface area contributed by atoms with E-state index in [4.69, 9.17) is 27.9 Å². The van der Waals surface area contributed by atoms with Crippen molar-refractivity contribution >= 4 is 56.5 Å². The molecule has 0 aliphatic rings. The molecule has 0 bridgehead atoms. The van der Waals surface area contributed by atoms with Gasteiger partial charge in [-0.15, -0.1) is 0 Å². The van der Waals surface area contributed by atoms with Crippen molar-refractivity contribution in [3.63, 3.8) is 0 Å². The number of carbonyl (C=O) groups excluding carboxylic acids is 2. The van der Waals surface area contributed by atoms with Crippen LogP contribution in [0, 0.1) is 6.92 Å². The highest BCUT2D eigenvalue weighted by atomic mass is 35.5. The second kappa shape index (κ2) is 10.9. The highest BCUT2D eigenvalue weighted by Crippen LogP contribution is 2.30. The Balaban J connectivity index is 1.91. The summed E-state index contributed by atoms with van der Waals surface area (Å²) in [6, 6.07) is 16.9. The number of rotatable bonds is 8. The molecule has 3 aromatic rings. The maximum absolute atomic E-state index is 13.4. The Kier molecular flexibility index (Phi) is 8.19. The highest BCUT2D eigenvalue weighted by molar-refractivity contribution is 7.92. The molecule has 0 atom stereocenters. The van der Waals surface area contributed by atoms with E-state index in [1.54, 1.807) is 44.2 Å². The van der Waals surface area contributed by atoms with Gasteiger partial charge in [-0.25, -0.2) is 13.2 Å². The lowest BCUT2D eigenvalue weighted by Crippen LogP contribution is -2.38. The first kappa shape index (κ1) is 25.6. The smallest absolute Gasteiger partial charge is 0.339 e. The highest BCUT2D eigenvalue weighted by Gasteiger charge is 2.28. The molecule has 0 unspecified atom stereocenters. The topological polar surface area (TPSA) is 92.8 Å². The van der Waals surface area contributed by atoms with Crippen molar-refractivity contribution < 1.29 is 22.7 Å². The first-order valence-electron chi connectivity index (χ1n) is 10.2. The molecule has 0 radical (unpaired) electrons. The standard InChI is InChI=1S/C24H22Cl2N2O5S/c1-3-33-24(30)20-12-11-18(14-21(20)26)27-23(29)15-28(22-13-17(25)10-9-16(22)2)34(31,32)19-7-5-4-6-8-19/h4-14H,3,15H2,1-2H3,(H,27,29). The zero-order chi connectivity index (χ0) is 24.9. The number of hydrogen-bond acceptors (Lipinski definition) is 5. The second-order valence-electron chi connectivity index (χ2n) is 7.22. The normalized spacial score (nSPS) is 11.1. The number of aryl methyl sites for hydroxylation is 1. The Morgan fingerprint density at radius 3 is 2.35 bits per heavy atom. The monoisotopic (exact) mass is 520 g/mol. The molecule has 34 heavy (non-hydrogen) atoms. The molecule has 3 rings (SSSR count). The number of sulfonamides is 1. The van der Waals surface area contributed by atoms with Gasteiger partial charge in [-0.3, -0.25) is 9.10 Å². The van der Waals surface area contributed by atoms with Gasteiger partial charge < -0.3 is 10.1 Å². The van der Waals surface area contributed by atoms with Gasteiger partial charge in [0.05, 0.1) is 27.8 Å². The summed E-state index contributed by atoms with van der Waals surface area (Å²) in [5, 5.41) is 3.05. The van der Waals surface area contributed by atoms with E-state index in [9.17, 15) is 18.0 Å². The fraction of sp³-hybridized carbons (Fsp3) is 0.167. The molecule has 0 fully saturated rings. The van der Waals surface area contributed by atoms with Gasteiger partial charge >= 0.3 is 5.97 Å². The van der Waals surface area contributed by atoms with E-state index in [2.05, 4.69) is 5.32 Å². The fourth-order valence-corrected chi connectivity index (χ4v) is 5.09. The number of nitrogens with one attached hydrogen (secondary N) is 1. The number of anilines is 2. The molecule has 10 heteroatoms. The minimum atomic E-state index is -4.09. The zero-order valence-electron chi connectivity index (χ0n) is 18.4. The molecule has 1 amide bonds. The third-order valence-electron chi connectivity index (χ3n) is 4.81. The molecule has 3 aromatic carbocycles. The van der Waals surface area contributed by atoms with Crippen molar-refractivity contribution in [3.8, 4) is 0 Å². The summed E-state index contributed by atoms with van der Waals surface area (Å²) in [5.74, 6) is -1.19. The van der Waals surface area contributed by atoms with Gasteiger partial charge in [0.15, 0.2) is 0 Å². The van der Waals surface area contributed by atoms with Gasteiger partial charge in [-0.05, 0) is 61.9 Å². The summed E-state index contributed by atoms with van der Waals surface area (Å²) in [6.07, 6.45) is 0. The summed E-state index contributed by atoms with van der Waals surface area (Å²) in [7, 11) is -4.09. The molecular formula is C24H22Cl2N2O5S. The van der Waals surface area contributed by atoms with Crippen LogP contribution < -0.4 is 9.62 Å². The average molecular weight is 521 g/mol. The summed E-state index contributed by atoms with van der Waals surface area (Å²) in [5.41, 5.74) is 1.35. The van der Waals surface area contributed by atoms with Crippen LogP contribution in [0.15, 0.2) is 71.6 Å². The van der Waals surface area contributed by atoms with Crippen LogP contribution in [-0.4, -0.2) is 33.4 Å². The van der Waals surface area contributed by atoms with Crippen LogP contribution in [0.5, 0.6) is 0 Å². The number of carbonyl (C=O) groups is 2. The van der Waals surface area contributed by atoms with Crippen molar-refractivity contribution in [1.29, 1.82) is 0 Å². The molecule has 0 aliphatic carbocycles. The molecule has 178 valence electrons. The average Bonchev–Trinajstić information content (AvgIpc) is 2.80. The molecule has 0 heterocycles. The molecule has 0 spiro atoms. The predicted molar refractivity (Wildman–Crippen MR) is 133 cm³/mol. The minimum absolute atomic E-state index is 0.0315. The molecule has 0 saturated heterocycles. The summed E-state index contributed by atoms with van der Waals surface area (Å²) in [4.78, 5) is 24.9. The van der Waals surface area contributed by atoms with E-state index in [0.717, 1.165) is 4.31 Å². The second-order valence-corrected chi connectivity index (χ2v) is 9.92. The Bertz CT molecular complexity index is 1310. The number of hydrogen-bond donors (Lipinski definition) is 1. The summed E-state index contributed by atoms with van der Waals surface area (Å²) in [6.45, 7) is 3.08. The number of ether oxygens (including phenoxy) is 1. The van der Waals surface area contributed by atoms with Crippen LogP contribution in [0.25, 0.3) is 0 Å². The first-order valence-corrected chi connectivity index (χ1v) is 12.4. The summed E-state index contributed by atoms with van der Waals surface area (Å²) < 4.78 is 32.8. The van der Waals surface area contributed by atoms with Crippen LogP contribution in [0.3, 0.4) is 0 Å². The van der Waals surface area contributed by atoms with Gasteiger partial charge in [0, 0.05) is 10.7 Å². The minimum Gasteiger partial charge on any atom is -0.462 e. The van der Waals surface area contributed by atoms with Crippen molar-refractivity contribution in [1.82, 2.24) is 0 Å². The van der Waals surface area contributed by atoms with E-state index in [1.165, 1.54) is 36.4 Å². The van der Waals surface area contributed by atoms with Gasteiger partial charge in [0.1, 0.15) is 6.54 Å². The SMILES string of the molecule is CCOC(=O)c1ccc(NC(=O)CN(c2cc(Cl)ccc2C)S(=O)(=O)c2ccccc2)cc1Cl. The number of esters is 1. The van der Waals surface area contributed by atoms with Gasteiger partial charge in [-0.2, -0.15) is 0 Å². The van der Waals surface area contributed by atoms with E-state index in [-0.39, 0.29) is 27.8 Å². The van der Waals surface area contributed by atoms with Crippen LogP contribution in [-0.2, 0) is 19.6 Å². The lowest BCUT2D eigenvalue weighted by molar-refractivity contribution is -0.114. The Hall–Kier alpha value is -3.07. The summed E-state index contributed by atoms with van der Waals surface area (Å²) >= 11 is 12.3. The molecule has 1 N–H and O–H groups in total. The van der Waals surface area contributed by atoms with Crippen LogP contribution in [0.2, 0.25) is 10.0 Å². The Labute approximate surface area is 208 Å².